The summed E-state index contributed by atoms with van der Waals surface area (Å²) in [5.41, 5.74) is 9.56. The largest absolute Gasteiger partial charge is 0.490 e. The van der Waals surface area contributed by atoms with Gasteiger partial charge in [0.1, 0.15) is 30.1 Å². The molecule has 0 saturated carbocycles. The summed E-state index contributed by atoms with van der Waals surface area (Å²) >= 11 is 0. The quantitative estimate of drug-likeness (QED) is 0.00986. The summed E-state index contributed by atoms with van der Waals surface area (Å²) in [6, 6.07) is 7.78. The number of hydrogen-bond donors (Lipinski definition) is 11. The highest BCUT2D eigenvalue weighted by Crippen LogP contribution is 2.66. The first-order valence-electron chi connectivity index (χ1n) is 20.0. The van der Waals surface area contributed by atoms with Gasteiger partial charge in [0, 0.05) is 39.8 Å². The van der Waals surface area contributed by atoms with Crippen molar-refractivity contribution in [3.63, 3.8) is 0 Å². The standard InChI is InChI=1S/C36H39N8O22P3S4/c1-36(2,71-70-15-61-23-10-25(44-14-43-27-32(39)41-13-42-33(27)44)63-24(23)11-62-68(51,52)66-69(53,54)65-67(48,49)50)12-40-34(45)16-3-4-17(20(9-16)35(46)47)26-18-5-7-21(37)30(72(55,56)57)28(18)64-29-19(26)6-8-22(38)31(29)73(58,59)60/h3-9,13-14,23-25,37H,10-12,15,38H2,1-2H3,(H,40,45)(H,46,47)(H,51,52)(H,53,54)(H2,39,41,42)(H2,48,49,50)(H,55,56,57)(H,58,59,60)/t23-,24-,25-/m1/s1. The number of nitrogens with two attached hydrogens (primary N) is 2. The maximum Gasteiger partial charge on any atom is 0.490 e. The van der Waals surface area contributed by atoms with Crippen LogP contribution in [0.15, 0.2) is 69.3 Å². The van der Waals surface area contributed by atoms with E-state index in [-0.39, 0.29) is 63.5 Å². The number of carboxylic acids is 1. The molecule has 2 unspecified atom stereocenters. The minimum Gasteiger partial charge on any atom is -0.478 e. The molecule has 0 radical (unpaired) electrons. The Morgan fingerprint density at radius 3 is 2.29 bits per heavy atom. The molecule has 1 saturated heterocycles. The van der Waals surface area contributed by atoms with Gasteiger partial charge in [-0.05, 0) is 55.8 Å². The zero-order valence-corrected chi connectivity index (χ0v) is 42.9. The number of anilines is 2. The van der Waals surface area contributed by atoms with Gasteiger partial charge < -0.3 is 55.4 Å². The molecule has 2 aliphatic heterocycles. The molecule has 3 aliphatic rings. The fourth-order valence-corrected chi connectivity index (χ4v) is 14.0. The SMILES string of the molecule is CC(C)(CNC(=O)c1ccc(-c2c3ccc(=N)c(S(=O)(=O)O)c-3oc3c(S(=O)(=O)O)c(N)ccc23)c(C(=O)O)c1)SSCO[C@@H]1C[C@H](n2cnc3c(N)ncnc32)O[C@@H]1COP(=O)(O)OP(=O)(O)OP(=O)(O)O. The van der Waals surface area contributed by atoms with Gasteiger partial charge in [-0.2, -0.15) is 25.5 Å². The minimum atomic E-state index is -5.84. The Kier molecular flexibility index (Phi) is 15.8. The lowest BCUT2D eigenvalue weighted by atomic mass is 9.89. The molecule has 1 fully saturated rings. The zero-order valence-electron chi connectivity index (χ0n) is 36.9. The first-order valence-corrected chi connectivity index (χ1v) is 29.7. The van der Waals surface area contributed by atoms with Crippen molar-refractivity contribution >= 4 is 111 Å². The molecule has 73 heavy (non-hydrogen) atoms. The van der Waals surface area contributed by atoms with Crippen LogP contribution in [0.2, 0.25) is 0 Å². The van der Waals surface area contributed by atoms with Crippen LogP contribution >= 0.6 is 45.1 Å². The number of rotatable bonds is 20. The molecule has 0 bridgehead atoms. The first kappa shape index (κ1) is 55.8. The number of carboxylic acid groups (broad SMARTS) is 1. The number of nitrogen functional groups attached to an aromatic ring is 2. The van der Waals surface area contributed by atoms with E-state index in [0.717, 1.165) is 35.1 Å². The van der Waals surface area contributed by atoms with Gasteiger partial charge in [-0.25, -0.2) is 33.4 Å². The Hall–Kier alpha value is -4.93. The maximum absolute atomic E-state index is 13.6. The van der Waals surface area contributed by atoms with E-state index in [4.69, 9.17) is 45.1 Å². The number of nitrogens with zero attached hydrogens (tertiary/aromatic N) is 4. The average Bonchev–Trinajstić information content (AvgIpc) is 3.88. The third-order valence-corrected chi connectivity index (χ3v) is 18.9. The summed E-state index contributed by atoms with van der Waals surface area (Å²) in [7, 11) is -25.2. The molecule has 5 atom stereocenters. The summed E-state index contributed by atoms with van der Waals surface area (Å²) < 4.78 is 137. The van der Waals surface area contributed by atoms with E-state index in [9.17, 15) is 64.1 Å². The summed E-state index contributed by atoms with van der Waals surface area (Å²) in [4.78, 5) is 74.0. The lowest BCUT2D eigenvalue weighted by Gasteiger charge is -2.25. The van der Waals surface area contributed by atoms with Gasteiger partial charge >= 0.3 is 29.4 Å². The van der Waals surface area contributed by atoms with Crippen LogP contribution in [-0.4, -0.2) is 118 Å². The van der Waals surface area contributed by atoms with E-state index in [2.05, 4.69) is 28.9 Å². The van der Waals surface area contributed by atoms with Crippen molar-refractivity contribution in [1.82, 2.24) is 24.8 Å². The average molecular weight is 1160 g/mol. The number of aromatic carboxylic acids is 1. The second-order valence-electron chi connectivity index (χ2n) is 16.0. The first-order chi connectivity index (χ1) is 33.8. The number of phosphoric acid groups is 3. The van der Waals surface area contributed by atoms with Gasteiger partial charge in [-0.1, -0.05) is 27.7 Å². The molecule has 30 nitrogen and oxygen atoms in total. The monoisotopic (exact) mass is 1160 g/mol. The van der Waals surface area contributed by atoms with Crippen LogP contribution in [-0.2, 0) is 56.6 Å². The molecule has 1 aliphatic carbocycles. The zero-order chi connectivity index (χ0) is 53.8. The van der Waals surface area contributed by atoms with Crippen molar-refractivity contribution in [1.29, 1.82) is 5.41 Å². The van der Waals surface area contributed by atoms with Crippen molar-refractivity contribution in [3.8, 4) is 22.5 Å². The normalized spacial score (nSPS) is 18.5. The molecule has 4 heterocycles. The number of hydrogen-bond acceptors (Lipinski definition) is 23. The fraction of sp³-hybridized carbons (Fsp3) is 0.278. The molecular weight excluding hydrogens is 1120 g/mol. The predicted molar refractivity (Wildman–Crippen MR) is 255 cm³/mol. The Bertz CT molecular complexity index is 3610. The van der Waals surface area contributed by atoms with Gasteiger partial charge in [0.2, 0.25) is 0 Å². The number of ether oxygens (including phenoxy) is 2. The fourth-order valence-electron chi connectivity index (χ4n) is 7.35. The van der Waals surface area contributed by atoms with E-state index in [0.29, 0.717) is 0 Å². The number of carbonyl (C=O) groups excluding carboxylic acids is 1. The highest BCUT2D eigenvalue weighted by Gasteiger charge is 2.44. The Labute approximate surface area is 418 Å². The van der Waals surface area contributed by atoms with E-state index in [1.165, 1.54) is 46.2 Å². The van der Waals surface area contributed by atoms with Crippen molar-refractivity contribution in [2.75, 3.05) is 30.6 Å². The van der Waals surface area contributed by atoms with Crippen LogP contribution in [0.1, 0.15) is 47.2 Å². The van der Waals surface area contributed by atoms with Crippen molar-refractivity contribution in [2.45, 2.75) is 53.2 Å². The van der Waals surface area contributed by atoms with E-state index >= 15 is 0 Å². The predicted octanol–water partition coefficient (Wildman–Crippen LogP) is 3.74. The van der Waals surface area contributed by atoms with Crippen LogP contribution in [0.4, 0.5) is 11.5 Å². The molecule has 1 amide bonds. The second kappa shape index (κ2) is 20.7. The molecule has 0 spiro atoms. The number of amides is 1. The Morgan fingerprint density at radius 1 is 0.945 bits per heavy atom. The second-order valence-corrected chi connectivity index (χ2v) is 26.1. The van der Waals surface area contributed by atoms with Crippen molar-refractivity contribution < 1.29 is 101 Å². The van der Waals surface area contributed by atoms with Crippen LogP contribution in [0.25, 0.3) is 44.6 Å². The molecular formula is C36H39N8O22P3S4. The summed E-state index contributed by atoms with van der Waals surface area (Å²) in [6.45, 7) is 2.57. The van der Waals surface area contributed by atoms with E-state index in [1.54, 1.807) is 13.8 Å². The number of phosphoric ester groups is 1. The third-order valence-electron chi connectivity index (χ3n) is 10.3. The van der Waals surface area contributed by atoms with Crippen LogP contribution in [0.3, 0.4) is 0 Å². The summed E-state index contributed by atoms with van der Waals surface area (Å²) in [6.07, 6.45) is -0.573. The van der Waals surface area contributed by atoms with Gasteiger partial charge in [-0.3, -0.25) is 28.4 Å². The number of nitrogens with one attached hydrogen (secondary N) is 2. The van der Waals surface area contributed by atoms with Gasteiger partial charge in [0.25, 0.3) is 26.1 Å². The minimum absolute atomic E-state index is 0.0194. The Morgan fingerprint density at radius 2 is 1.63 bits per heavy atom. The third kappa shape index (κ3) is 12.8. The number of imidazole rings is 1. The molecule has 37 heteroatoms. The van der Waals surface area contributed by atoms with Crippen LogP contribution < -0.4 is 22.1 Å². The molecule has 2 aromatic carbocycles. The van der Waals surface area contributed by atoms with E-state index in [1.807, 2.05) is 0 Å². The molecule has 2 aromatic heterocycles. The van der Waals surface area contributed by atoms with Gasteiger partial charge in [-0.15, -0.1) is 0 Å². The lowest BCUT2D eigenvalue weighted by Crippen LogP contribution is -2.36. The lowest BCUT2D eigenvalue weighted by molar-refractivity contribution is -0.0522. The van der Waals surface area contributed by atoms with Crippen molar-refractivity contribution in [2.24, 2.45) is 0 Å². The highest BCUT2D eigenvalue weighted by atomic mass is 33.1. The summed E-state index contributed by atoms with van der Waals surface area (Å²) in [5, 5.41) is 20.4. The van der Waals surface area contributed by atoms with Crippen LogP contribution in [0.5, 0.6) is 0 Å². The molecule has 4 aromatic rings. The number of aromatic nitrogens is 4. The molecule has 7 rings (SSSR count). The van der Waals surface area contributed by atoms with Gasteiger partial charge in [0.05, 0.1) is 35.6 Å². The van der Waals surface area contributed by atoms with Crippen molar-refractivity contribution in [3.05, 3.63) is 71.6 Å². The number of carbonyl (C=O) groups is 2. The number of fused-ring (bicyclic) bond motifs is 3. The highest BCUT2D eigenvalue weighted by molar-refractivity contribution is 8.77. The summed E-state index contributed by atoms with van der Waals surface area (Å²) in [5.74, 6) is -3.21. The smallest absolute Gasteiger partial charge is 0.478 e. The number of benzene rings is 3. The Balaban J connectivity index is 1.07. The van der Waals surface area contributed by atoms with Gasteiger partial charge in [0.15, 0.2) is 32.6 Å². The molecule has 13 N–H and O–H groups in total. The topological polar surface area (TPSA) is 486 Å². The maximum atomic E-state index is 13.6. The van der Waals surface area contributed by atoms with Crippen LogP contribution in [0, 0.1) is 5.41 Å². The molecule has 394 valence electrons. The van der Waals surface area contributed by atoms with E-state index < -0.39 is 123 Å².